The van der Waals surface area contributed by atoms with Gasteiger partial charge in [0.25, 0.3) is 5.91 Å². The van der Waals surface area contributed by atoms with E-state index in [2.05, 4.69) is 23.3 Å². The van der Waals surface area contributed by atoms with E-state index >= 15 is 0 Å². The number of rotatable bonds is 4. The molecular weight excluding hydrogens is 352 g/mol. The molecule has 2 aliphatic heterocycles. The molecule has 2 heterocycles. The minimum Gasteiger partial charge on any atom is -0.398 e. The number of nitrogens with zero attached hydrogens (tertiary/aromatic N) is 1. The largest absolute Gasteiger partial charge is 0.398 e. The van der Waals surface area contributed by atoms with E-state index in [9.17, 15) is 4.79 Å². The highest BCUT2D eigenvalue weighted by atomic mass is 16.5. The van der Waals surface area contributed by atoms with Gasteiger partial charge in [-0.3, -0.25) is 10.2 Å². The van der Waals surface area contributed by atoms with Crippen LogP contribution in [0.2, 0.25) is 0 Å². The highest BCUT2D eigenvalue weighted by Crippen LogP contribution is 2.36. The smallest absolute Gasteiger partial charge is 0.270 e. The molecule has 4 rings (SSSR count). The monoisotopic (exact) mass is 382 g/mol. The van der Waals surface area contributed by atoms with Crippen LogP contribution in [0.5, 0.6) is 0 Å². The lowest BCUT2D eigenvalue weighted by molar-refractivity contribution is -0.115. The van der Waals surface area contributed by atoms with E-state index < -0.39 is 0 Å². The Hall–Kier alpha value is -2.18. The van der Waals surface area contributed by atoms with Crippen molar-refractivity contribution in [2.45, 2.75) is 44.2 Å². The van der Waals surface area contributed by atoms with E-state index in [1.165, 1.54) is 18.4 Å². The van der Waals surface area contributed by atoms with Gasteiger partial charge < -0.3 is 20.7 Å². The molecule has 1 saturated heterocycles. The summed E-state index contributed by atoms with van der Waals surface area (Å²) in [6.07, 6.45) is 7.35. The summed E-state index contributed by atoms with van der Waals surface area (Å²) in [6, 6.07) is 6.32. The maximum atomic E-state index is 12.8. The molecule has 1 aromatic rings. The Morgan fingerprint density at radius 2 is 2.21 bits per heavy atom. The van der Waals surface area contributed by atoms with Crippen LogP contribution >= 0.6 is 0 Å². The zero-order chi connectivity index (χ0) is 19.7. The second kappa shape index (κ2) is 8.05. The van der Waals surface area contributed by atoms with Crippen LogP contribution in [-0.4, -0.2) is 55.4 Å². The molecule has 4 N–H and O–H groups in total. The highest BCUT2D eigenvalue weighted by Gasteiger charge is 2.39. The average molecular weight is 383 g/mol. The lowest BCUT2D eigenvalue weighted by atomic mass is 9.92. The molecular formula is C22H30N4O2. The van der Waals surface area contributed by atoms with Crippen molar-refractivity contribution in [2.24, 2.45) is 5.92 Å². The summed E-state index contributed by atoms with van der Waals surface area (Å²) in [5.41, 5.74) is 9.24. The van der Waals surface area contributed by atoms with E-state index in [1.807, 2.05) is 12.1 Å². The Bertz CT molecular complexity index is 804. The quantitative estimate of drug-likeness (QED) is 0.551. The first-order valence-electron chi connectivity index (χ1n) is 10.3. The number of fused-ring (bicyclic) bond motifs is 1. The van der Waals surface area contributed by atoms with Crippen LogP contribution in [0, 0.1) is 11.3 Å². The van der Waals surface area contributed by atoms with Gasteiger partial charge >= 0.3 is 0 Å². The van der Waals surface area contributed by atoms with Gasteiger partial charge in [-0.25, -0.2) is 0 Å². The Morgan fingerprint density at radius 1 is 1.36 bits per heavy atom. The SMILES string of the molecule is CN1CCCC2CC(NC(=O)C(=N)c3cc(C4=CCOCC4)ccc3N)CC21. The molecule has 1 saturated carbocycles. The molecule has 1 amide bonds. The minimum absolute atomic E-state index is 0.0461. The molecule has 0 bridgehead atoms. The summed E-state index contributed by atoms with van der Waals surface area (Å²) in [7, 11) is 2.18. The fraction of sp³-hybridized carbons (Fsp3) is 0.545. The van der Waals surface area contributed by atoms with Crippen molar-refractivity contribution in [3.8, 4) is 0 Å². The van der Waals surface area contributed by atoms with Gasteiger partial charge in [0.15, 0.2) is 0 Å². The molecule has 6 heteroatoms. The molecule has 150 valence electrons. The number of carbonyl (C=O) groups is 1. The molecule has 0 spiro atoms. The van der Waals surface area contributed by atoms with Crippen LogP contribution in [-0.2, 0) is 9.53 Å². The molecule has 0 radical (unpaired) electrons. The fourth-order valence-corrected chi connectivity index (χ4v) is 4.98. The van der Waals surface area contributed by atoms with Gasteiger partial charge in [0.2, 0.25) is 0 Å². The second-order valence-corrected chi connectivity index (χ2v) is 8.32. The van der Waals surface area contributed by atoms with Gasteiger partial charge in [-0.2, -0.15) is 0 Å². The summed E-state index contributed by atoms with van der Waals surface area (Å²) in [6.45, 7) is 2.44. The highest BCUT2D eigenvalue weighted by molar-refractivity contribution is 6.45. The first-order valence-corrected chi connectivity index (χ1v) is 10.3. The number of carbonyl (C=O) groups excluding carboxylic acids is 1. The predicted octanol–water partition coefficient (Wildman–Crippen LogP) is 2.43. The maximum Gasteiger partial charge on any atom is 0.270 e. The van der Waals surface area contributed by atoms with Crippen LogP contribution in [0.25, 0.3) is 5.57 Å². The summed E-state index contributed by atoms with van der Waals surface area (Å²) in [4.78, 5) is 15.2. The zero-order valence-corrected chi connectivity index (χ0v) is 16.5. The summed E-state index contributed by atoms with van der Waals surface area (Å²) < 4.78 is 5.37. The van der Waals surface area contributed by atoms with Crippen molar-refractivity contribution in [3.63, 3.8) is 0 Å². The first kappa shape index (κ1) is 19.2. The van der Waals surface area contributed by atoms with Crippen molar-refractivity contribution >= 4 is 22.9 Å². The molecule has 0 aromatic heterocycles. The number of amides is 1. The lowest BCUT2D eigenvalue weighted by Gasteiger charge is -2.34. The zero-order valence-electron chi connectivity index (χ0n) is 16.5. The standard InChI is InChI=1S/C22H30N4O2/c1-26-8-2-3-16-11-17(13-20(16)26)25-22(27)21(24)18-12-15(4-5-19(18)23)14-6-9-28-10-7-14/h4-6,12,16-17,20,24H,2-3,7-11,13,23H2,1H3,(H,25,27). The Kier molecular flexibility index (Phi) is 5.51. The summed E-state index contributed by atoms with van der Waals surface area (Å²) >= 11 is 0. The number of hydrogen-bond acceptors (Lipinski definition) is 5. The van der Waals surface area contributed by atoms with Gasteiger partial charge in [-0.15, -0.1) is 0 Å². The van der Waals surface area contributed by atoms with E-state index in [1.54, 1.807) is 6.07 Å². The normalized spacial score (nSPS) is 27.8. The topological polar surface area (TPSA) is 91.4 Å². The maximum absolute atomic E-state index is 12.8. The fourth-order valence-electron chi connectivity index (χ4n) is 4.98. The molecule has 3 aliphatic rings. The third-order valence-electron chi connectivity index (χ3n) is 6.53. The van der Waals surface area contributed by atoms with Crippen molar-refractivity contribution in [1.82, 2.24) is 10.2 Å². The predicted molar refractivity (Wildman–Crippen MR) is 111 cm³/mol. The third kappa shape index (κ3) is 3.84. The first-order chi connectivity index (χ1) is 13.5. The number of anilines is 1. The number of nitrogen functional groups attached to an aromatic ring is 1. The van der Waals surface area contributed by atoms with Crippen molar-refractivity contribution < 1.29 is 9.53 Å². The molecule has 3 unspecified atom stereocenters. The lowest BCUT2D eigenvalue weighted by Crippen LogP contribution is -2.41. The number of ether oxygens (including phenoxy) is 1. The van der Waals surface area contributed by atoms with Gasteiger partial charge in [0.1, 0.15) is 5.71 Å². The van der Waals surface area contributed by atoms with Crippen molar-refractivity contribution in [2.75, 3.05) is 32.5 Å². The number of hydrogen-bond donors (Lipinski definition) is 3. The molecule has 3 atom stereocenters. The van der Waals surface area contributed by atoms with E-state index in [4.69, 9.17) is 15.9 Å². The third-order valence-corrected chi connectivity index (χ3v) is 6.53. The van der Waals surface area contributed by atoms with Crippen LogP contribution in [0.1, 0.15) is 43.2 Å². The number of nitrogens with one attached hydrogen (secondary N) is 2. The summed E-state index contributed by atoms with van der Waals surface area (Å²) in [5, 5.41) is 11.5. The second-order valence-electron chi connectivity index (χ2n) is 8.32. The number of likely N-dealkylation sites (tertiary alicyclic amines) is 1. The molecule has 1 aliphatic carbocycles. The van der Waals surface area contributed by atoms with Gasteiger partial charge in [-0.05, 0) is 74.9 Å². The number of benzene rings is 1. The van der Waals surface area contributed by atoms with E-state index in [0.29, 0.717) is 36.4 Å². The van der Waals surface area contributed by atoms with E-state index in [-0.39, 0.29) is 17.7 Å². The van der Waals surface area contributed by atoms with Gasteiger partial charge in [-0.1, -0.05) is 12.1 Å². The number of piperidine rings is 1. The average Bonchev–Trinajstić information content (AvgIpc) is 3.12. The van der Waals surface area contributed by atoms with Crippen LogP contribution in [0.3, 0.4) is 0 Å². The molecule has 2 fully saturated rings. The van der Waals surface area contributed by atoms with Crippen molar-refractivity contribution in [3.05, 3.63) is 35.4 Å². The van der Waals surface area contributed by atoms with Crippen molar-refractivity contribution in [1.29, 1.82) is 5.41 Å². The van der Waals surface area contributed by atoms with Crippen LogP contribution in [0.4, 0.5) is 5.69 Å². The molecule has 1 aromatic carbocycles. The molecule has 28 heavy (non-hydrogen) atoms. The van der Waals surface area contributed by atoms with Crippen LogP contribution in [0.15, 0.2) is 24.3 Å². The Balaban J connectivity index is 1.45. The number of nitrogens with two attached hydrogens (primary N) is 1. The molecule has 6 nitrogen and oxygen atoms in total. The van der Waals surface area contributed by atoms with Gasteiger partial charge in [0.05, 0.1) is 13.2 Å². The van der Waals surface area contributed by atoms with E-state index in [0.717, 1.165) is 31.4 Å². The summed E-state index contributed by atoms with van der Waals surface area (Å²) in [5.74, 6) is 0.336. The van der Waals surface area contributed by atoms with Gasteiger partial charge in [0, 0.05) is 23.3 Å². The Morgan fingerprint density at radius 3 is 2.96 bits per heavy atom. The Labute approximate surface area is 166 Å². The van der Waals surface area contributed by atoms with Crippen LogP contribution < -0.4 is 11.1 Å². The minimum atomic E-state index is -0.323.